The molecule has 0 bridgehead atoms. The highest BCUT2D eigenvalue weighted by Gasteiger charge is 2.55. The van der Waals surface area contributed by atoms with Crippen LogP contribution in [0.15, 0.2) is 24.3 Å². The smallest absolute Gasteiger partial charge is 0.187 e. The van der Waals surface area contributed by atoms with E-state index in [2.05, 4.69) is 5.32 Å². The van der Waals surface area contributed by atoms with Crippen LogP contribution < -0.4 is 38.7 Å². The standard InChI is InChI=1S/C34H60N6O15/c1-48-15-4-2-14(3-5-15)6-7-40-8-9-49-31-29(54-32-21(38)26(46)24(44)18(11-35)50-32)20(13-42)52-34(31)55-30-23(43)16(36)10-17(37)28(30)53-33-22(39)27(47)25(45)19(12-41)51-33/h2-5,16-34,40-47H,6-13,35-39H2,1H3/t16-,17+,18+,19-,20-,21-,22-,23+,24-,25-,26-,27-,28-,29-,30-,31-,32-,33-,34+/m1/s1. The zero-order valence-corrected chi connectivity index (χ0v) is 30.7. The Hall–Kier alpha value is -1.78. The molecule has 18 N–H and O–H groups in total. The molecule has 0 aromatic heterocycles. The van der Waals surface area contributed by atoms with Gasteiger partial charge in [-0.25, -0.2) is 0 Å². The fraction of sp³-hybridized carbons (Fsp3) is 0.824. The van der Waals surface area contributed by atoms with Crippen LogP contribution in [-0.2, 0) is 39.6 Å². The Kier molecular flexibility index (Phi) is 16.3. The lowest BCUT2D eigenvalue weighted by atomic mass is 9.84. The van der Waals surface area contributed by atoms with Crippen molar-refractivity contribution in [1.82, 2.24) is 5.32 Å². The van der Waals surface area contributed by atoms with Gasteiger partial charge >= 0.3 is 0 Å². The van der Waals surface area contributed by atoms with Gasteiger partial charge in [-0.05, 0) is 37.1 Å². The molecule has 0 amide bonds. The Morgan fingerprint density at radius 2 is 1.22 bits per heavy atom. The largest absolute Gasteiger partial charge is 0.497 e. The fourth-order valence-electron chi connectivity index (χ4n) is 7.27. The molecule has 0 radical (unpaired) electrons. The summed E-state index contributed by atoms with van der Waals surface area (Å²) in [6.45, 7) is -0.357. The van der Waals surface area contributed by atoms with E-state index in [1.54, 1.807) is 7.11 Å². The van der Waals surface area contributed by atoms with Gasteiger partial charge in [0.25, 0.3) is 0 Å². The lowest BCUT2D eigenvalue weighted by Crippen LogP contribution is -2.68. The quantitative estimate of drug-likeness (QED) is 0.0652. The highest BCUT2D eigenvalue weighted by Crippen LogP contribution is 2.35. The van der Waals surface area contributed by atoms with Crippen LogP contribution in [-0.4, -0.2) is 199 Å². The molecule has 1 aromatic rings. The summed E-state index contributed by atoms with van der Waals surface area (Å²) in [4.78, 5) is 0. The van der Waals surface area contributed by atoms with E-state index in [4.69, 9.17) is 66.6 Å². The molecule has 19 atom stereocenters. The lowest BCUT2D eigenvalue weighted by molar-refractivity contribution is -0.311. The second-order valence-corrected chi connectivity index (χ2v) is 14.4. The number of ether oxygens (including phenoxy) is 8. The van der Waals surface area contributed by atoms with Crippen molar-refractivity contribution < 1.29 is 73.6 Å². The van der Waals surface area contributed by atoms with Gasteiger partial charge in [0, 0.05) is 25.2 Å². The highest BCUT2D eigenvalue weighted by molar-refractivity contribution is 5.27. The summed E-state index contributed by atoms with van der Waals surface area (Å²) in [5.74, 6) is 0.755. The Morgan fingerprint density at radius 1 is 0.655 bits per heavy atom. The van der Waals surface area contributed by atoms with Crippen molar-refractivity contribution in [2.75, 3.05) is 46.6 Å². The van der Waals surface area contributed by atoms with Crippen molar-refractivity contribution in [2.45, 2.75) is 129 Å². The molecule has 4 fully saturated rings. The Bertz CT molecular complexity index is 1290. The summed E-state index contributed by atoms with van der Waals surface area (Å²) in [5, 5.41) is 76.7. The van der Waals surface area contributed by atoms with Crippen molar-refractivity contribution in [3.05, 3.63) is 29.8 Å². The predicted octanol–water partition coefficient (Wildman–Crippen LogP) is -7.00. The van der Waals surface area contributed by atoms with Crippen LogP contribution >= 0.6 is 0 Å². The van der Waals surface area contributed by atoms with Crippen molar-refractivity contribution >= 4 is 0 Å². The van der Waals surface area contributed by atoms with Crippen molar-refractivity contribution in [1.29, 1.82) is 0 Å². The van der Waals surface area contributed by atoms with E-state index in [0.29, 0.717) is 13.1 Å². The number of rotatable bonds is 17. The molecule has 1 saturated carbocycles. The van der Waals surface area contributed by atoms with Gasteiger partial charge in [0.1, 0.15) is 72.9 Å². The molecule has 4 aliphatic rings. The number of benzene rings is 1. The van der Waals surface area contributed by atoms with Crippen LogP contribution in [0.1, 0.15) is 12.0 Å². The van der Waals surface area contributed by atoms with Crippen molar-refractivity contribution in [2.24, 2.45) is 28.7 Å². The molecule has 3 saturated heterocycles. The number of hydrogen-bond donors (Lipinski definition) is 13. The summed E-state index contributed by atoms with van der Waals surface area (Å²) in [5.41, 5.74) is 32.0. The van der Waals surface area contributed by atoms with Gasteiger partial charge in [-0.2, -0.15) is 0 Å². The zero-order chi connectivity index (χ0) is 40.0. The third-order valence-corrected chi connectivity index (χ3v) is 10.6. The number of hydrogen-bond acceptors (Lipinski definition) is 21. The second-order valence-electron chi connectivity index (χ2n) is 14.4. The summed E-state index contributed by atoms with van der Waals surface area (Å²) >= 11 is 0. The SMILES string of the molecule is COc1ccc(CCNCCO[C@H]2[C@H](O[C@@H]3[C@@H](O)[C@H](N)C[C@H](N)[C@H]3O[C@H]3O[C@H](CO)[C@@H](O)[C@H](O)[C@H]3N)O[C@H](CO)[C@H]2O[C@H]2O[C@@H](CN)[C@@H](O)[C@H](O)[C@H]2N)cc1. The number of aliphatic hydroxyl groups is 7. The fourth-order valence-corrected chi connectivity index (χ4v) is 7.27. The molecule has 21 heteroatoms. The van der Waals surface area contributed by atoms with Crippen molar-refractivity contribution in [3.8, 4) is 5.75 Å². The summed E-state index contributed by atoms with van der Waals surface area (Å²) in [7, 11) is 1.60. The first-order valence-electron chi connectivity index (χ1n) is 18.6. The van der Waals surface area contributed by atoms with E-state index < -0.39 is 129 Å². The molecule has 1 aliphatic carbocycles. The van der Waals surface area contributed by atoms with E-state index in [1.807, 2.05) is 24.3 Å². The maximum Gasteiger partial charge on any atom is 0.187 e. The van der Waals surface area contributed by atoms with Crippen LogP contribution in [0.5, 0.6) is 5.75 Å². The first-order valence-corrected chi connectivity index (χ1v) is 18.6. The van der Waals surface area contributed by atoms with Gasteiger partial charge in [-0.3, -0.25) is 0 Å². The lowest BCUT2D eigenvalue weighted by Gasteiger charge is -2.47. The van der Waals surface area contributed by atoms with Gasteiger partial charge in [-0.1, -0.05) is 12.1 Å². The Labute approximate surface area is 318 Å². The number of nitrogens with two attached hydrogens (primary N) is 5. The zero-order valence-electron chi connectivity index (χ0n) is 30.7. The molecule has 3 heterocycles. The van der Waals surface area contributed by atoms with Gasteiger partial charge in [-0.15, -0.1) is 0 Å². The third kappa shape index (κ3) is 10.3. The predicted molar refractivity (Wildman–Crippen MR) is 190 cm³/mol. The molecule has 1 aromatic carbocycles. The molecular formula is C34H60N6O15. The van der Waals surface area contributed by atoms with E-state index in [0.717, 1.165) is 17.7 Å². The monoisotopic (exact) mass is 792 g/mol. The Morgan fingerprint density at radius 3 is 1.82 bits per heavy atom. The molecule has 316 valence electrons. The van der Waals surface area contributed by atoms with E-state index >= 15 is 0 Å². The third-order valence-electron chi connectivity index (χ3n) is 10.6. The maximum absolute atomic E-state index is 11.4. The molecule has 3 aliphatic heterocycles. The Balaban J connectivity index is 1.33. The van der Waals surface area contributed by atoms with Gasteiger partial charge in [0.15, 0.2) is 18.9 Å². The van der Waals surface area contributed by atoms with E-state index in [1.165, 1.54) is 0 Å². The first kappa shape index (κ1) is 44.3. The average Bonchev–Trinajstić information content (AvgIpc) is 3.51. The molecule has 0 spiro atoms. The summed E-state index contributed by atoms with van der Waals surface area (Å²) in [6, 6.07) is 3.42. The maximum atomic E-state index is 11.4. The second kappa shape index (κ2) is 20.3. The minimum atomic E-state index is -1.53. The van der Waals surface area contributed by atoms with E-state index in [9.17, 15) is 35.7 Å². The van der Waals surface area contributed by atoms with E-state index in [-0.39, 0.29) is 19.6 Å². The number of aliphatic hydroxyl groups excluding tert-OH is 7. The van der Waals surface area contributed by atoms with Crippen LogP contribution in [0.4, 0.5) is 0 Å². The van der Waals surface area contributed by atoms with Crippen LogP contribution in [0, 0.1) is 0 Å². The summed E-state index contributed by atoms with van der Waals surface area (Å²) in [6.07, 6.45) is -18.7. The molecule has 55 heavy (non-hydrogen) atoms. The molecular weight excluding hydrogens is 732 g/mol. The molecule has 0 unspecified atom stereocenters. The van der Waals surface area contributed by atoms with Crippen LogP contribution in [0.25, 0.3) is 0 Å². The summed E-state index contributed by atoms with van der Waals surface area (Å²) < 4.78 is 47.8. The van der Waals surface area contributed by atoms with Gasteiger partial charge in [0.2, 0.25) is 0 Å². The molecule has 5 rings (SSSR count). The number of nitrogens with one attached hydrogen (secondary N) is 1. The topological polar surface area (TPSA) is 358 Å². The van der Waals surface area contributed by atoms with Crippen LogP contribution in [0.2, 0.25) is 0 Å². The highest BCUT2D eigenvalue weighted by atomic mass is 16.8. The first-order chi connectivity index (χ1) is 26.3. The minimum absolute atomic E-state index is 0.0777. The van der Waals surface area contributed by atoms with Crippen LogP contribution in [0.3, 0.4) is 0 Å². The normalized spacial score (nSPS) is 43.8. The minimum Gasteiger partial charge on any atom is -0.497 e. The van der Waals surface area contributed by atoms with Gasteiger partial charge in [0.05, 0.1) is 45.1 Å². The van der Waals surface area contributed by atoms with Gasteiger partial charge < -0.3 is 108 Å². The average molecular weight is 793 g/mol. The van der Waals surface area contributed by atoms with Crippen molar-refractivity contribution in [3.63, 3.8) is 0 Å². The number of methoxy groups -OCH3 is 1. The molecule has 21 nitrogen and oxygen atoms in total.